The highest BCUT2D eigenvalue weighted by Crippen LogP contribution is 2.20. The van der Waals surface area contributed by atoms with Crippen LogP contribution in [0.2, 0.25) is 0 Å². The van der Waals surface area contributed by atoms with Crippen molar-refractivity contribution in [3.05, 3.63) is 0 Å². The maximum Gasteiger partial charge on any atom is 0.361 e. The lowest BCUT2D eigenvalue weighted by Crippen LogP contribution is -2.40. The molecule has 0 rings (SSSR count). The van der Waals surface area contributed by atoms with E-state index in [0.717, 1.165) is 38.5 Å². The maximum absolute atomic E-state index is 12.9. The molecule has 0 aliphatic rings. The van der Waals surface area contributed by atoms with E-state index in [2.05, 4.69) is 13.8 Å². The first-order valence-corrected chi connectivity index (χ1v) is 37.7. The summed E-state index contributed by atoms with van der Waals surface area (Å²) in [7, 11) is 6.00. The molecule has 0 saturated heterocycles. The summed E-state index contributed by atoms with van der Waals surface area (Å²) in [5, 5.41) is 9.75. The third kappa shape index (κ3) is 67.8. The first kappa shape index (κ1) is 82.3. The molecule has 0 aromatic rings. The summed E-state index contributed by atoms with van der Waals surface area (Å²) in [5.74, 6) is -1.96. The fraction of sp³-hybridized carbons (Fsp3) is 0.960. The lowest BCUT2D eigenvalue weighted by Gasteiger charge is -2.25. The third-order valence-corrected chi connectivity index (χ3v) is 17.6. The second kappa shape index (κ2) is 67.2. The summed E-state index contributed by atoms with van der Waals surface area (Å²) in [5.41, 5.74) is 0. The SMILES string of the molecule is CCCCCCCCCCCCCCCCCCCCCCCCCCCCCCCCCCCCCCCCCC(=O)OC(COC(=O)CCCCCCCCCCCCCCCCCCCCCC)COC(OCC[N+](C)(C)C)C(=O)O. The van der Waals surface area contributed by atoms with Crippen LogP contribution in [0, 0.1) is 0 Å². The van der Waals surface area contributed by atoms with E-state index < -0.39 is 18.4 Å². The minimum Gasteiger partial charge on any atom is -0.477 e. The smallest absolute Gasteiger partial charge is 0.361 e. The Balaban J connectivity index is 3.91. The molecule has 2 unspecified atom stereocenters. The molecular formula is C75H148NO8+. The number of quaternary nitrogens is 1. The molecular weight excluding hydrogens is 1040 g/mol. The Morgan fingerprint density at radius 2 is 0.536 bits per heavy atom. The van der Waals surface area contributed by atoms with Gasteiger partial charge in [-0.15, -0.1) is 0 Å². The molecule has 0 heterocycles. The number of hydrogen-bond donors (Lipinski definition) is 1. The molecule has 0 bridgehead atoms. The van der Waals surface area contributed by atoms with Crippen molar-refractivity contribution in [2.75, 3.05) is 47.5 Å². The summed E-state index contributed by atoms with van der Waals surface area (Å²) in [4.78, 5) is 37.6. The quantitative estimate of drug-likeness (QED) is 0.0278. The molecule has 0 aromatic carbocycles. The molecule has 0 saturated carbocycles. The van der Waals surface area contributed by atoms with E-state index in [9.17, 15) is 19.5 Å². The molecule has 2 atom stereocenters. The van der Waals surface area contributed by atoms with Crippen LogP contribution < -0.4 is 0 Å². The Bertz CT molecular complexity index is 1340. The Hall–Kier alpha value is -1.71. The van der Waals surface area contributed by atoms with Gasteiger partial charge in [0.05, 0.1) is 34.4 Å². The maximum atomic E-state index is 12.9. The molecule has 0 aliphatic carbocycles. The molecule has 500 valence electrons. The van der Waals surface area contributed by atoms with Gasteiger partial charge in [-0.05, 0) is 12.8 Å². The van der Waals surface area contributed by atoms with Gasteiger partial charge in [-0.1, -0.05) is 380 Å². The van der Waals surface area contributed by atoms with Crippen LogP contribution in [0.15, 0.2) is 0 Å². The number of carboxylic acids is 1. The fourth-order valence-corrected chi connectivity index (χ4v) is 11.8. The largest absolute Gasteiger partial charge is 0.477 e. The predicted octanol–water partition coefficient (Wildman–Crippen LogP) is 23.4. The van der Waals surface area contributed by atoms with Crippen LogP contribution in [0.5, 0.6) is 0 Å². The summed E-state index contributed by atoms with van der Waals surface area (Å²) in [6.07, 6.45) is 78.3. The average Bonchev–Trinajstić information content (AvgIpc) is 3.52. The van der Waals surface area contributed by atoms with Gasteiger partial charge in [0.15, 0.2) is 6.10 Å². The number of aliphatic carboxylic acids is 1. The summed E-state index contributed by atoms with van der Waals surface area (Å²) >= 11 is 0. The highest BCUT2D eigenvalue weighted by atomic mass is 16.7. The molecule has 1 N–H and O–H groups in total. The summed E-state index contributed by atoms with van der Waals surface area (Å²) in [6.45, 7) is 4.97. The average molecular weight is 1190 g/mol. The zero-order valence-electron chi connectivity index (χ0n) is 57.4. The van der Waals surface area contributed by atoms with Crippen molar-refractivity contribution in [2.45, 2.75) is 418 Å². The number of carbonyl (C=O) groups excluding carboxylic acids is 2. The Kier molecular flexibility index (Phi) is 65.9. The van der Waals surface area contributed by atoms with Crippen molar-refractivity contribution >= 4 is 17.9 Å². The lowest BCUT2D eigenvalue weighted by molar-refractivity contribution is -0.870. The first-order valence-electron chi connectivity index (χ1n) is 37.7. The molecule has 9 heteroatoms. The van der Waals surface area contributed by atoms with Gasteiger partial charge in [-0.25, -0.2) is 4.79 Å². The number of likely N-dealkylation sites (N-methyl/N-ethyl adjacent to an activating group) is 1. The van der Waals surface area contributed by atoms with Gasteiger partial charge in [-0.3, -0.25) is 9.59 Å². The fourth-order valence-electron chi connectivity index (χ4n) is 11.8. The minimum absolute atomic E-state index is 0.172. The van der Waals surface area contributed by atoms with Crippen LogP contribution in [0.3, 0.4) is 0 Å². The minimum atomic E-state index is -1.50. The van der Waals surface area contributed by atoms with E-state index in [1.165, 1.54) is 340 Å². The van der Waals surface area contributed by atoms with E-state index in [1.807, 2.05) is 21.1 Å². The number of esters is 2. The van der Waals surface area contributed by atoms with Crippen molar-refractivity contribution in [3.63, 3.8) is 0 Å². The van der Waals surface area contributed by atoms with Crippen molar-refractivity contribution in [3.8, 4) is 0 Å². The van der Waals surface area contributed by atoms with Gasteiger partial charge < -0.3 is 28.5 Å². The highest BCUT2D eigenvalue weighted by Gasteiger charge is 2.25. The Labute approximate surface area is 523 Å². The Morgan fingerprint density at radius 3 is 0.762 bits per heavy atom. The molecule has 0 amide bonds. The van der Waals surface area contributed by atoms with Crippen LogP contribution >= 0.6 is 0 Å². The van der Waals surface area contributed by atoms with Crippen molar-refractivity contribution in [1.29, 1.82) is 0 Å². The number of rotatable bonds is 72. The topological polar surface area (TPSA) is 108 Å². The second-order valence-corrected chi connectivity index (χ2v) is 27.3. The van der Waals surface area contributed by atoms with Crippen molar-refractivity contribution in [1.82, 2.24) is 0 Å². The second-order valence-electron chi connectivity index (χ2n) is 27.3. The van der Waals surface area contributed by atoms with E-state index in [1.54, 1.807) is 0 Å². The zero-order valence-corrected chi connectivity index (χ0v) is 57.4. The zero-order chi connectivity index (χ0) is 61.2. The normalized spacial score (nSPS) is 12.5. The number of ether oxygens (including phenoxy) is 4. The number of hydrogen-bond acceptors (Lipinski definition) is 7. The first-order chi connectivity index (χ1) is 41.1. The van der Waals surface area contributed by atoms with Crippen molar-refractivity contribution < 1.29 is 42.9 Å². The van der Waals surface area contributed by atoms with Crippen LogP contribution in [0.25, 0.3) is 0 Å². The molecule has 0 aromatic heterocycles. The molecule has 9 nitrogen and oxygen atoms in total. The number of unbranched alkanes of at least 4 members (excludes halogenated alkanes) is 57. The van der Waals surface area contributed by atoms with Crippen LogP contribution in [0.1, 0.15) is 406 Å². The third-order valence-electron chi connectivity index (χ3n) is 17.6. The molecule has 0 fully saturated rings. The molecule has 0 spiro atoms. The van der Waals surface area contributed by atoms with E-state index >= 15 is 0 Å². The molecule has 84 heavy (non-hydrogen) atoms. The summed E-state index contributed by atoms with van der Waals surface area (Å²) < 4.78 is 23.0. The number of nitrogens with zero attached hydrogens (tertiary/aromatic N) is 1. The number of carbonyl (C=O) groups is 3. The molecule has 0 aliphatic heterocycles. The van der Waals surface area contributed by atoms with Gasteiger partial charge in [0.2, 0.25) is 0 Å². The summed E-state index contributed by atoms with van der Waals surface area (Å²) in [6, 6.07) is 0. The van der Waals surface area contributed by atoms with Crippen LogP contribution in [0.4, 0.5) is 0 Å². The van der Waals surface area contributed by atoms with Crippen molar-refractivity contribution in [2.24, 2.45) is 0 Å². The van der Waals surface area contributed by atoms with Gasteiger partial charge in [0, 0.05) is 12.8 Å². The number of carboxylic acid groups (broad SMARTS) is 1. The molecule has 0 radical (unpaired) electrons. The monoisotopic (exact) mass is 1190 g/mol. The lowest BCUT2D eigenvalue weighted by atomic mass is 10.0. The van der Waals surface area contributed by atoms with Gasteiger partial charge in [-0.2, -0.15) is 0 Å². The standard InChI is InChI=1S/C75H147NO8/c1-6-8-10-12-14-16-18-20-22-24-26-28-29-30-31-32-33-34-35-36-37-38-39-40-41-42-43-44-45-46-48-50-52-54-56-58-60-62-64-66-73(78)84-71(70-83-75(74(79)80)81-68-67-76(3,4)5)69-82-72(77)65-63-61-59-57-55-53-51-49-47-27-25-23-21-19-17-15-13-11-9-7-2/h71,75H,6-70H2,1-5H3/p+1. The Morgan fingerprint density at radius 1 is 0.310 bits per heavy atom. The highest BCUT2D eigenvalue weighted by molar-refractivity contribution is 5.71. The predicted molar refractivity (Wildman–Crippen MR) is 360 cm³/mol. The van der Waals surface area contributed by atoms with E-state index in [0.29, 0.717) is 17.4 Å². The van der Waals surface area contributed by atoms with Gasteiger partial charge in [0.1, 0.15) is 13.2 Å². The van der Waals surface area contributed by atoms with Crippen LogP contribution in [-0.2, 0) is 33.3 Å². The van der Waals surface area contributed by atoms with Crippen LogP contribution in [-0.4, -0.2) is 87.4 Å². The van der Waals surface area contributed by atoms with E-state index in [-0.39, 0.29) is 38.2 Å². The van der Waals surface area contributed by atoms with Gasteiger partial charge in [0.25, 0.3) is 6.29 Å². The van der Waals surface area contributed by atoms with E-state index in [4.69, 9.17) is 18.9 Å². The van der Waals surface area contributed by atoms with Gasteiger partial charge >= 0.3 is 17.9 Å².